The summed E-state index contributed by atoms with van der Waals surface area (Å²) in [5, 5.41) is 12.5. The Bertz CT molecular complexity index is 281. The van der Waals surface area contributed by atoms with Crippen LogP contribution in [0.25, 0.3) is 0 Å². The average Bonchev–Trinajstić information content (AvgIpc) is 2.50. The third-order valence-electron chi connectivity index (χ3n) is 2.33. The Morgan fingerprint density at radius 1 is 1.40 bits per heavy atom. The van der Waals surface area contributed by atoms with E-state index < -0.39 is 0 Å². The number of nitrogens with one attached hydrogen (secondary N) is 1. The van der Waals surface area contributed by atoms with Gasteiger partial charge in [0.1, 0.15) is 11.5 Å². The van der Waals surface area contributed by atoms with E-state index in [2.05, 4.69) is 12.2 Å². The van der Waals surface area contributed by atoms with Crippen molar-refractivity contribution in [2.24, 2.45) is 5.92 Å². The zero-order valence-corrected chi connectivity index (χ0v) is 9.79. The minimum absolute atomic E-state index is 0.215. The molecule has 0 spiro atoms. The van der Waals surface area contributed by atoms with E-state index in [0.29, 0.717) is 5.92 Å². The van der Waals surface area contributed by atoms with Gasteiger partial charge in [-0.1, -0.05) is 6.92 Å². The second kappa shape index (κ2) is 5.93. The highest BCUT2D eigenvalue weighted by Gasteiger charge is 2.06. The first-order valence-electron chi connectivity index (χ1n) is 5.52. The molecule has 1 aromatic rings. The Kier molecular flexibility index (Phi) is 4.85. The van der Waals surface area contributed by atoms with E-state index in [0.717, 1.165) is 31.0 Å². The summed E-state index contributed by atoms with van der Waals surface area (Å²) in [5.74, 6) is 2.40. The third kappa shape index (κ3) is 5.00. The van der Waals surface area contributed by atoms with Crippen LogP contribution >= 0.6 is 0 Å². The molecule has 1 heterocycles. The summed E-state index contributed by atoms with van der Waals surface area (Å²) in [6, 6.07) is 3.96. The van der Waals surface area contributed by atoms with E-state index in [9.17, 15) is 5.11 Å². The van der Waals surface area contributed by atoms with E-state index in [1.807, 2.05) is 26.0 Å². The highest BCUT2D eigenvalue weighted by atomic mass is 16.3. The van der Waals surface area contributed by atoms with Gasteiger partial charge in [0.05, 0.1) is 12.6 Å². The molecule has 15 heavy (non-hydrogen) atoms. The van der Waals surface area contributed by atoms with Gasteiger partial charge in [-0.25, -0.2) is 0 Å². The molecule has 0 saturated carbocycles. The van der Waals surface area contributed by atoms with Gasteiger partial charge in [-0.3, -0.25) is 0 Å². The van der Waals surface area contributed by atoms with Crippen LogP contribution in [0.4, 0.5) is 0 Å². The second-order valence-electron chi connectivity index (χ2n) is 4.33. The fourth-order valence-electron chi connectivity index (χ4n) is 1.69. The van der Waals surface area contributed by atoms with Crippen LogP contribution < -0.4 is 5.32 Å². The van der Waals surface area contributed by atoms with Crippen LogP contribution in [0.1, 0.15) is 31.8 Å². The number of aryl methyl sites for hydroxylation is 1. The molecular formula is C12H21NO2. The smallest absolute Gasteiger partial charge is 0.117 e. The summed E-state index contributed by atoms with van der Waals surface area (Å²) in [7, 11) is 0. The predicted molar refractivity (Wildman–Crippen MR) is 60.6 cm³/mol. The third-order valence-corrected chi connectivity index (χ3v) is 2.33. The molecule has 0 aliphatic carbocycles. The number of aliphatic hydroxyl groups excluding tert-OH is 1. The van der Waals surface area contributed by atoms with Crippen molar-refractivity contribution in [2.45, 2.75) is 39.8 Å². The minimum atomic E-state index is -0.215. The lowest BCUT2D eigenvalue weighted by molar-refractivity contribution is 0.163. The lowest BCUT2D eigenvalue weighted by Gasteiger charge is -2.13. The first-order chi connectivity index (χ1) is 7.08. The van der Waals surface area contributed by atoms with Gasteiger partial charge >= 0.3 is 0 Å². The number of furan rings is 1. The molecule has 0 aromatic carbocycles. The van der Waals surface area contributed by atoms with E-state index >= 15 is 0 Å². The summed E-state index contributed by atoms with van der Waals surface area (Å²) in [4.78, 5) is 0. The predicted octanol–water partition coefficient (Wildman–Crippen LogP) is 2.08. The molecule has 0 radical (unpaired) electrons. The average molecular weight is 211 g/mol. The van der Waals surface area contributed by atoms with Crippen molar-refractivity contribution in [2.75, 3.05) is 6.54 Å². The SMILES string of the molecule is Cc1ccc(CNCC(C)CC(C)O)o1. The van der Waals surface area contributed by atoms with Gasteiger partial charge in [0.15, 0.2) is 0 Å². The molecule has 0 fully saturated rings. The summed E-state index contributed by atoms with van der Waals surface area (Å²) in [5.41, 5.74) is 0. The first kappa shape index (κ1) is 12.3. The highest BCUT2D eigenvalue weighted by molar-refractivity contribution is 5.05. The molecule has 2 unspecified atom stereocenters. The molecule has 3 heteroatoms. The monoisotopic (exact) mass is 211 g/mol. The molecule has 2 atom stereocenters. The van der Waals surface area contributed by atoms with Crippen LogP contribution in [-0.2, 0) is 6.54 Å². The Labute approximate surface area is 91.5 Å². The summed E-state index contributed by atoms with van der Waals surface area (Å²) in [6.45, 7) is 7.57. The van der Waals surface area contributed by atoms with Crippen LogP contribution in [0.3, 0.4) is 0 Å². The fourth-order valence-corrected chi connectivity index (χ4v) is 1.69. The first-order valence-corrected chi connectivity index (χ1v) is 5.52. The van der Waals surface area contributed by atoms with Crippen molar-refractivity contribution in [3.8, 4) is 0 Å². The fraction of sp³-hybridized carbons (Fsp3) is 0.667. The number of hydrogen-bond donors (Lipinski definition) is 2. The maximum atomic E-state index is 9.20. The number of rotatable bonds is 6. The van der Waals surface area contributed by atoms with E-state index in [1.165, 1.54) is 0 Å². The zero-order chi connectivity index (χ0) is 11.3. The van der Waals surface area contributed by atoms with Gasteiger partial charge in [-0.2, -0.15) is 0 Å². The zero-order valence-electron chi connectivity index (χ0n) is 9.79. The van der Waals surface area contributed by atoms with Gasteiger partial charge < -0.3 is 14.8 Å². The standard InChI is InChI=1S/C12H21NO2/c1-9(6-10(2)14)7-13-8-12-5-4-11(3)15-12/h4-5,9-10,13-14H,6-8H2,1-3H3. The molecule has 86 valence electrons. The van der Waals surface area contributed by atoms with E-state index in [4.69, 9.17) is 4.42 Å². The molecule has 0 aliphatic rings. The Morgan fingerprint density at radius 2 is 2.13 bits per heavy atom. The van der Waals surface area contributed by atoms with Crippen LogP contribution in [0.5, 0.6) is 0 Å². The van der Waals surface area contributed by atoms with Crippen molar-refractivity contribution >= 4 is 0 Å². The van der Waals surface area contributed by atoms with Crippen molar-refractivity contribution in [1.82, 2.24) is 5.32 Å². The van der Waals surface area contributed by atoms with Gasteiger partial charge in [-0.05, 0) is 44.9 Å². The topological polar surface area (TPSA) is 45.4 Å². The Hall–Kier alpha value is -0.800. The summed E-state index contributed by atoms with van der Waals surface area (Å²) < 4.78 is 5.43. The van der Waals surface area contributed by atoms with Crippen LogP contribution in [0.15, 0.2) is 16.5 Å². The maximum Gasteiger partial charge on any atom is 0.117 e. The van der Waals surface area contributed by atoms with Gasteiger partial charge in [0, 0.05) is 0 Å². The van der Waals surface area contributed by atoms with Crippen molar-refractivity contribution < 1.29 is 9.52 Å². The van der Waals surface area contributed by atoms with Crippen molar-refractivity contribution in [3.05, 3.63) is 23.7 Å². The molecule has 0 amide bonds. The summed E-state index contributed by atoms with van der Waals surface area (Å²) >= 11 is 0. The van der Waals surface area contributed by atoms with Crippen molar-refractivity contribution in [1.29, 1.82) is 0 Å². The molecule has 3 nitrogen and oxygen atoms in total. The molecule has 0 bridgehead atoms. The Morgan fingerprint density at radius 3 is 2.67 bits per heavy atom. The van der Waals surface area contributed by atoms with E-state index in [-0.39, 0.29) is 6.10 Å². The number of hydrogen-bond acceptors (Lipinski definition) is 3. The Balaban J connectivity index is 2.16. The second-order valence-corrected chi connectivity index (χ2v) is 4.33. The van der Waals surface area contributed by atoms with Crippen LogP contribution in [0.2, 0.25) is 0 Å². The highest BCUT2D eigenvalue weighted by Crippen LogP contribution is 2.07. The normalized spacial score (nSPS) is 15.2. The van der Waals surface area contributed by atoms with Crippen LogP contribution in [-0.4, -0.2) is 17.8 Å². The van der Waals surface area contributed by atoms with Gasteiger partial charge in [-0.15, -0.1) is 0 Å². The van der Waals surface area contributed by atoms with Crippen molar-refractivity contribution in [3.63, 3.8) is 0 Å². The minimum Gasteiger partial charge on any atom is -0.465 e. The largest absolute Gasteiger partial charge is 0.465 e. The van der Waals surface area contributed by atoms with E-state index in [1.54, 1.807) is 0 Å². The maximum absolute atomic E-state index is 9.20. The quantitative estimate of drug-likeness (QED) is 0.757. The molecule has 2 N–H and O–H groups in total. The molecule has 1 rings (SSSR count). The summed E-state index contributed by atoms with van der Waals surface area (Å²) in [6.07, 6.45) is 0.622. The lowest BCUT2D eigenvalue weighted by Crippen LogP contribution is -2.22. The number of aliphatic hydroxyl groups is 1. The molecular weight excluding hydrogens is 190 g/mol. The lowest BCUT2D eigenvalue weighted by atomic mass is 10.1. The molecule has 0 saturated heterocycles. The van der Waals surface area contributed by atoms with Gasteiger partial charge in [0.2, 0.25) is 0 Å². The molecule has 1 aromatic heterocycles. The van der Waals surface area contributed by atoms with Crippen LogP contribution in [0, 0.1) is 12.8 Å². The molecule has 0 aliphatic heterocycles. The van der Waals surface area contributed by atoms with Gasteiger partial charge in [0.25, 0.3) is 0 Å².